The summed E-state index contributed by atoms with van der Waals surface area (Å²) in [4.78, 5) is 16.1. The summed E-state index contributed by atoms with van der Waals surface area (Å²) in [6, 6.07) is 3.85. The van der Waals surface area contributed by atoms with Crippen LogP contribution in [0.15, 0.2) is 18.3 Å². The lowest BCUT2D eigenvalue weighted by molar-refractivity contribution is 0.0702. The number of hydrogen-bond donors (Lipinski definition) is 2. The Kier molecular flexibility index (Phi) is 3.98. The number of hydrogen-bond acceptors (Lipinski definition) is 5. The van der Waals surface area contributed by atoms with Crippen molar-refractivity contribution in [3.05, 3.63) is 32.4 Å². The molecule has 0 aliphatic heterocycles. The second-order valence-electron chi connectivity index (χ2n) is 3.22. The topological polar surface area (TPSA) is 62.2 Å². The molecule has 2 rings (SSSR count). The van der Waals surface area contributed by atoms with Gasteiger partial charge in [-0.3, -0.25) is 0 Å². The Balaban J connectivity index is 1.83. The molecule has 0 unspecified atom stereocenters. The number of rotatable bonds is 5. The first-order valence-electron chi connectivity index (χ1n) is 4.82. The minimum atomic E-state index is -0.944. The fraction of sp³-hybridized carbons (Fsp3) is 0.200. The molecule has 2 aromatic heterocycles. The van der Waals surface area contributed by atoms with Crippen LogP contribution in [0.25, 0.3) is 0 Å². The zero-order valence-electron chi connectivity index (χ0n) is 8.64. The first-order chi connectivity index (χ1) is 8.15. The summed E-state index contributed by atoms with van der Waals surface area (Å²) in [5.41, 5.74) is 0. The van der Waals surface area contributed by atoms with E-state index in [1.54, 1.807) is 11.3 Å². The SMILES string of the molecule is O=C(O)c1cnc(NCCc2ccc(Cl)s2)s1. The van der Waals surface area contributed by atoms with Gasteiger partial charge in [-0.25, -0.2) is 9.78 Å². The van der Waals surface area contributed by atoms with Gasteiger partial charge in [0, 0.05) is 11.4 Å². The van der Waals surface area contributed by atoms with Crippen molar-refractivity contribution in [3.63, 3.8) is 0 Å². The molecule has 4 nitrogen and oxygen atoms in total. The normalized spacial score (nSPS) is 10.4. The van der Waals surface area contributed by atoms with Crippen molar-refractivity contribution in [2.75, 3.05) is 11.9 Å². The number of halogens is 1. The molecule has 90 valence electrons. The van der Waals surface area contributed by atoms with Crippen LogP contribution < -0.4 is 5.32 Å². The van der Waals surface area contributed by atoms with Crippen molar-refractivity contribution < 1.29 is 9.90 Å². The number of thiazole rings is 1. The number of carboxylic acid groups (broad SMARTS) is 1. The molecule has 0 amide bonds. The molecule has 17 heavy (non-hydrogen) atoms. The summed E-state index contributed by atoms with van der Waals surface area (Å²) in [5.74, 6) is -0.944. The molecule has 0 saturated heterocycles. The minimum Gasteiger partial charge on any atom is -0.477 e. The Bertz CT molecular complexity index is 524. The van der Waals surface area contributed by atoms with Gasteiger partial charge in [0.2, 0.25) is 0 Å². The van der Waals surface area contributed by atoms with E-state index in [9.17, 15) is 4.79 Å². The van der Waals surface area contributed by atoms with Crippen LogP contribution in [-0.4, -0.2) is 22.6 Å². The number of aromatic nitrogens is 1. The quantitative estimate of drug-likeness (QED) is 0.887. The third kappa shape index (κ3) is 3.42. The van der Waals surface area contributed by atoms with Gasteiger partial charge in [0.1, 0.15) is 4.88 Å². The summed E-state index contributed by atoms with van der Waals surface area (Å²) in [5, 5.41) is 12.4. The fourth-order valence-corrected chi connectivity index (χ4v) is 3.00. The van der Waals surface area contributed by atoms with Crippen LogP contribution in [0.1, 0.15) is 14.5 Å². The number of nitrogens with one attached hydrogen (secondary N) is 1. The summed E-state index contributed by atoms with van der Waals surface area (Å²) in [6.07, 6.45) is 2.21. The van der Waals surface area contributed by atoms with E-state index in [1.165, 1.54) is 11.1 Å². The molecule has 0 fully saturated rings. The van der Waals surface area contributed by atoms with Gasteiger partial charge in [-0.2, -0.15) is 0 Å². The summed E-state index contributed by atoms with van der Waals surface area (Å²) in [7, 11) is 0. The van der Waals surface area contributed by atoms with Crippen LogP contribution in [0.2, 0.25) is 4.34 Å². The molecule has 0 radical (unpaired) electrons. The van der Waals surface area contributed by atoms with Gasteiger partial charge < -0.3 is 10.4 Å². The monoisotopic (exact) mass is 288 g/mol. The molecule has 2 N–H and O–H groups in total. The smallest absolute Gasteiger partial charge is 0.347 e. The number of aromatic carboxylic acids is 1. The van der Waals surface area contributed by atoms with Gasteiger partial charge in [0.05, 0.1) is 10.5 Å². The molecule has 0 atom stereocenters. The molecule has 0 spiro atoms. The summed E-state index contributed by atoms with van der Waals surface area (Å²) >= 11 is 8.50. The lowest BCUT2D eigenvalue weighted by atomic mass is 10.3. The maximum atomic E-state index is 10.6. The first kappa shape index (κ1) is 12.3. The van der Waals surface area contributed by atoms with E-state index in [1.807, 2.05) is 12.1 Å². The maximum Gasteiger partial charge on any atom is 0.347 e. The van der Waals surface area contributed by atoms with Crippen LogP contribution in [0.4, 0.5) is 5.13 Å². The van der Waals surface area contributed by atoms with Crippen molar-refractivity contribution in [1.82, 2.24) is 4.98 Å². The first-order valence-corrected chi connectivity index (χ1v) is 6.83. The number of thiophene rings is 1. The highest BCUT2D eigenvalue weighted by molar-refractivity contribution is 7.17. The Hall–Kier alpha value is -1.11. The Morgan fingerprint density at radius 3 is 2.88 bits per heavy atom. The molecule has 2 heterocycles. The van der Waals surface area contributed by atoms with Crippen molar-refractivity contribution >= 4 is 45.4 Å². The number of carboxylic acids is 1. The van der Waals surface area contributed by atoms with Crippen LogP contribution in [0.5, 0.6) is 0 Å². The average Bonchev–Trinajstić information content (AvgIpc) is 2.88. The van der Waals surface area contributed by atoms with Crippen LogP contribution in [0.3, 0.4) is 0 Å². The second-order valence-corrected chi connectivity index (χ2v) is 6.05. The van der Waals surface area contributed by atoms with Crippen LogP contribution >= 0.6 is 34.3 Å². The predicted octanol–water partition coefficient (Wildman–Crippen LogP) is 3.21. The zero-order chi connectivity index (χ0) is 12.3. The third-order valence-corrected chi connectivity index (χ3v) is 4.23. The molecular weight excluding hydrogens is 280 g/mol. The van der Waals surface area contributed by atoms with E-state index in [2.05, 4.69) is 10.3 Å². The Morgan fingerprint density at radius 1 is 1.47 bits per heavy atom. The van der Waals surface area contributed by atoms with Crippen molar-refractivity contribution in [1.29, 1.82) is 0 Å². The highest BCUT2D eigenvalue weighted by atomic mass is 35.5. The lowest BCUT2D eigenvalue weighted by Crippen LogP contribution is -2.03. The number of nitrogens with zero attached hydrogens (tertiary/aromatic N) is 1. The molecule has 0 aliphatic rings. The number of carbonyl (C=O) groups is 1. The van der Waals surface area contributed by atoms with E-state index in [4.69, 9.17) is 16.7 Å². The molecule has 0 aromatic carbocycles. The summed E-state index contributed by atoms with van der Waals surface area (Å²) in [6.45, 7) is 0.712. The molecule has 0 bridgehead atoms. The third-order valence-electron chi connectivity index (χ3n) is 1.99. The second kappa shape index (κ2) is 5.48. The fourth-order valence-electron chi connectivity index (χ4n) is 1.23. The van der Waals surface area contributed by atoms with Gasteiger partial charge in [-0.1, -0.05) is 22.9 Å². The van der Waals surface area contributed by atoms with Gasteiger partial charge in [0.25, 0.3) is 0 Å². The van der Waals surface area contributed by atoms with E-state index < -0.39 is 5.97 Å². The van der Waals surface area contributed by atoms with Crippen LogP contribution in [-0.2, 0) is 6.42 Å². The zero-order valence-corrected chi connectivity index (χ0v) is 11.0. The van der Waals surface area contributed by atoms with Crippen molar-refractivity contribution in [3.8, 4) is 0 Å². The van der Waals surface area contributed by atoms with E-state index in [0.29, 0.717) is 11.7 Å². The lowest BCUT2D eigenvalue weighted by Gasteiger charge is -1.99. The number of anilines is 1. The van der Waals surface area contributed by atoms with E-state index in [0.717, 1.165) is 22.1 Å². The standard InChI is InChI=1S/C10H9ClN2O2S2/c11-8-2-1-6(16-8)3-4-12-10-13-5-7(17-10)9(14)15/h1-2,5H,3-4H2,(H,12,13)(H,14,15). The summed E-state index contributed by atoms with van der Waals surface area (Å²) < 4.78 is 0.780. The Labute approximate surface area is 111 Å². The van der Waals surface area contributed by atoms with E-state index >= 15 is 0 Å². The maximum absolute atomic E-state index is 10.6. The van der Waals surface area contributed by atoms with Gasteiger partial charge in [0.15, 0.2) is 5.13 Å². The van der Waals surface area contributed by atoms with Gasteiger partial charge in [-0.15, -0.1) is 11.3 Å². The largest absolute Gasteiger partial charge is 0.477 e. The Morgan fingerprint density at radius 2 is 2.29 bits per heavy atom. The molecule has 0 aliphatic carbocycles. The highest BCUT2D eigenvalue weighted by Gasteiger charge is 2.07. The predicted molar refractivity (Wildman–Crippen MR) is 70.6 cm³/mol. The van der Waals surface area contributed by atoms with Gasteiger partial charge in [-0.05, 0) is 18.6 Å². The van der Waals surface area contributed by atoms with Crippen molar-refractivity contribution in [2.45, 2.75) is 6.42 Å². The van der Waals surface area contributed by atoms with Crippen LogP contribution in [0, 0.1) is 0 Å². The molecular formula is C10H9ClN2O2S2. The highest BCUT2D eigenvalue weighted by Crippen LogP contribution is 2.22. The van der Waals surface area contributed by atoms with Crippen molar-refractivity contribution in [2.24, 2.45) is 0 Å². The minimum absolute atomic E-state index is 0.242. The van der Waals surface area contributed by atoms with E-state index in [-0.39, 0.29) is 4.88 Å². The average molecular weight is 289 g/mol. The molecule has 2 aromatic rings. The molecule has 0 saturated carbocycles. The van der Waals surface area contributed by atoms with Gasteiger partial charge >= 0.3 is 5.97 Å². The molecule has 7 heteroatoms.